The zero-order chi connectivity index (χ0) is 24.6. The molecule has 4 amide bonds. The van der Waals surface area contributed by atoms with Crippen LogP contribution in [0.3, 0.4) is 0 Å². The van der Waals surface area contributed by atoms with E-state index in [0.717, 1.165) is 0 Å². The largest absolute Gasteiger partial charge is 0.480 e. The van der Waals surface area contributed by atoms with Gasteiger partial charge in [-0.15, -0.1) is 0 Å². The van der Waals surface area contributed by atoms with Gasteiger partial charge in [0, 0.05) is 13.0 Å². The highest BCUT2D eigenvalue weighted by atomic mass is 16.4. The summed E-state index contributed by atoms with van der Waals surface area (Å²) < 4.78 is 0. The van der Waals surface area contributed by atoms with Gasteiger partial charge in [-0.05, 0) is 38.5 Å². The smallest absolute Gasteiger partial charge is 0.328 e. The van der Waals surface area contributed by atoms with Crippen molar-refractivity contribution < 1.29 is 34.2 Å². The van der Waals surface area contributed by atoms with Crippen molar-refractivity contribution >= 4 is 29.6 Å². The molecule has 1 rings (SSSR count). The second-order valence-electron chi connectivity index (χ2n) is 8.56. The standard InChI is InChI=1S/C20H35N5O7/c1-10(2)9-12(21)19(30)25-8-4-5-14(25)18(29)23-13(6-7-15(22)27)17(28)24-16(11(3)26)20(31)32/h10-14,16,26H,4-9,21H2,1-3H3,(H2,22,27)(H,23,29)(H,24,28)(H,31,32). The van der Waals surface area contributed by atoms with Crippen LogP contribution < -0.4 is 22.1 Å². The first-order valence-electron chi connectivity index (χ1n) is 10.7. The molecule has 5 atom stereocenters. The summed E-state index contributed by atoms with van der Waals surface area (Å²) in [4.78, 5) is 62.1. The third-order valence-corrected chi connectivity index (χ3v) is 5.24. The number of aliphatic hydroxyl groups excluding tert-OH is 1. The molecule has 32 heavy (non-hydrogen) atoms. The fourth-order valence-electron chi connectivity index (χ4n) is 3.59. The van der Waals surface area contributed by atoms with Crippen LogP contribution in [0.15, 0.2) is 0 Å². The molecule has 0 bridgehead atoms. The fourth-order valence-corrected chi connectivity index (χ4v) is 3.59. The van der Waals surface area contributed by atoms with Crippen LogP contribution in [0.2, 0.25) is 0 Å². The Morgan fingerprint density at radius 1 is 1.12 bits per heavy atom. The highest BCUT2D eigenvalue weighted by molar-refractivity contribution is 5.94. The van der Waals surface area contributed by atoms with Gasteiger partial charge in [-0.2, -0.15) is 0 Å². The Labute approximate surface area is 187 Å². The van der Waals surface area contributed by atoms with E-state index in [1.54, 1.807) is 0 Å². The number of carboxylic acids is 1. The molecule has 0 aromatic rings. The van der Waals surface area contributed by atoms with Crippen LogP contribution in [0.25, 0.3) is 0 Å². The predicted octanol–water partition coefficient (Wildman–Crippen LogP) is -1.95. The van der Waals surface area contributed by atoms with E-state index < -0.39 is 54.0 Å². The lowest BCUT2D eigenvalue weighted by atomic mass is 10.0. The number of amides is 4. The lowest BCUT2D eigenvalue weighted by Gasteiger charge is -2.29. The van der Waals surface area contributed by atoms with Gasteiger partial charge in [-0.3, -0.25) is 19.2 Å². The summed E-state index contributed by atoms with van der Waals surface area (Å²) in [5, 5.41) is 23.4. The van der Waals surface area contributed by atoms with Gasteiger partial charge in [0.1, 0.15) is 12.1 Å². The van der Waals surface area contributed by atoms with Gasteiger partial charge >= 0.3 is 5.97 Å². The van der Waals surface area contributed by atoms with E-state index in [9.17, 15) is 29.1 Å². The molecular formula is C20H35N5O7. The van der Waals surface area contributed by atoms with Crippen LogP contribution in [0.5, 0.6) is 0 Å². The van der Waals surface area contributed by atoms with Crippen LogP contribution in [-0.2, 0) is 24.0 Å². The number of hydrogen-bond donors (Lipinski definition) is 6. The average molecular weight is 458 g/mol. The number of likely N-dealkylation sites (tertiary alicyclic amines) is 1. The van der Waals surface area contributed by atoms with Crippen molar-refractivity contribution in [2.24, 2.45) is 17.4 Å². The van der Waals surface area contributed by atoms with E-state index in [2.05, 4.69) is 10.6 Å². The fraction of sp³-hybridized carbons (Fsp3) is 0.750. The van der Waals surface area contributed by atoms with E-state index in [0.29, 0.717) is 25.8 Å². The van der Waals surface area contributed by atoms with Gasteiger partial charge < -0.3 is 37.2 Å². The molecule has 182 valence electrons. The first-order chi connectivity index (χ1) is 14.8. The van der Waals surface area contributed by atoms with Gasteiger partial charge in [0.05, 0.1) is 12.1 Å². The molecular weight excluding hydrogens is 422 g/mol. The van der Waals surface area contributed by atoms with Crippen molar-refractivity contribution in [2.45, 2.75) is 83.1 Å². The Morgan fingerprint density at radius 3 is 2.25 bits per heavy atom. The van der Waals surface area contributed by atoms with E-state index in [1.165, 1.54) is 11.8 Å². The molecule has 0 saturated carbocycles. The van der Waals surface area contributed by atoms with Crippen molar-refractivity contribution in [1.82, 2.24) is 15.5 Å². The van der Waals surface area contributed by atoms with Crippen LogP contribution in [-0.4, -0.2) is 81.5 Å². The number of carbonyl (C=O) groups is 5. The summed E-state index contributed by atoms with van der Waals surface area (Å²) in [6.07, 6.45) is -0.386. The molecule has 1 saturated heterocycles. The molecule has 1 fully saturated rings. The highest BCUT2D eigenvalue weighted by Crippen LogP contribution is 2.20. The van der Waals surface area contributed by atoms with Crippen LogP contribution in [0.4, 0.5) is 0 Å². The minimum atomic E-state index is -1.60. The Kier molecular flexibility index (Phi) is 10.5. The van der Waals surface area contributed by atoms with E-state index >= 15 is 0 Å². The number of nitrogens with zero attached hydrogens (tertiary/aromatic N) is 1. The Balaban J connectivity index is 2.94. The zero-order valence-corrected chi connectivity index (χ0v) is 18.7. The van der Waals surface area contributed by atoms with E-state index in [-0.39, 0.29) is 24.7 Å². The monoisotopic (exact) mass is 457 g/mol. The molecule has 1 aliphatic rings. The molecule has 1 heterocycles. The molecule has 0 aromatic heterocycles. The Hall–Kier alpha value is -2.73. The van der Waals surface area contributed by atoms with Crippen molar-refractivity contribution in [1.29, 1.82) is 0 Å². The van der Waals surface area contributed by atoms with Crippen molar-refractivity contribution in [3.05, 3.63) is 0 Å². The third-order valence-electron chi connectivity index (χ3n) is 5.24. The number of aliphatic carboxylic acids is 1. The third kappa shape index (κ3) is 8.08. The van der Waals surface area contributed by atoms with Gasteiger partial charge in [0.2, 0.25) is 23.6 Å². The maximum absolute atomic E-state index is 12.9. The number of carbonyl (C=O) groups excluding carboxylic acids is 4. The van der Waals surface area contributed by atoms with Gasteiger partial charge in [-0.1, -0.05) is 13.8 Å². The first kappa shape index (κ1) is 27.3. The molecule has 0 radical (unpaired) electrons. The molecule has 0 aromatic carbocycles. The van der Waals surface area contributed by atoms with Crippen LogP contribution in [0, 0.1) is 5.92 Å². The van der Waals surface area contributed by atoms with E-state index in [4.69, 9.17) is 16.6 Å². The molecule has 0 aliphatic carbocycles. The minimum absolute atomic E-state index is 0.174. The summed E-state index contributed by atoms with van der Waals surface area (Å²) in [5.41, 5.74) is 11.1. The second kappa shape index (κ2) is 12.3. The van der Waals surface area contributed by atoms with Crippen LogP contribution >= 0.6 is 0 Å². The SMILES string of the molecule is CC(C)CC(N)C(=O)N1CCCC1C(=O)NC(CCC(N)=O)C(=O)NC(C(=O)O)C(C)O. The molecule has 5 unspecified atom stereocenters. The number of hydrogen-bond acceptors (Lipinski definition) is 7. The molecule has 12 nitrogen and oxygen atoms in total. The summed E-state index contributed by atoms with van der Waals surface area (Å²) in [6, 6.07) is -4.47. The van der Waals surface area contributed by atoms with Gasteiger partial charge in [0.15, 0.2) is 6.04 Å². The van der Waals surface area contributed by atoms with Crippen molar-refractivity contribution in [2.75, 3.05) is 6.54 Å². The first-order valence-corrected chi connectivity index (χ1v) is 10.7. The molecule has 12 heteroatoms. The number of aliphatic hydroxyl groups is 1. The quantitative estimate of drug-likeness (QED) is 0.194. The maximum Gasteiger partial charge on any atom is 0.328 e. The Bertz CT molecular complexity index is 712. The maximum atomic E-state index is 12.9. The number of primary amides is 1. The number of nitrogens with one attached hydrogen (secondary N) is 2. The lowest BCUT2D eigenvalue weighted by Crippen LogP contribution is -2.58. The van der Waals surface area contributed by atoms with Gasteiger partial charge in [0.25, 0.3) is 0 Å². The summed E-state index contributed by atoms with van der Waals surface area (Å²) in [5.74, 6) is -3.82. The van der Waals surface area contributed by atoms with Crippen molar-refractivity contribution in [3.63, 3.8) is 0 Å². The molecule has 8 N–H and O–H groups in total. The van der Waals surface area contributed by atoms with Crippen LogP contribution in [0.1, 0.15) is 52.9 Å². The molecule has 1 aliphatic heterocycles. The lowest BCUT2D eigenvalue weighted by molar-refractivity contribution is -0.145. The number of carboxylic acid groups (broad SMARTS) is 1. The minimum Gasteiger partial charge on any atom is -0.480 e. The Morgan fingerprint density at radius 2 is 1.75 bits per heavy atom. The zero-order valence-electron chi connectivity index (χ0n) is 18.7. The van der Waals surface area contributed by atoms with Crippen molar-refractivity contribution in [3.8, 4) is 0 Å². The average Bonchev–Trinajstić information content (AvgIpc) is 3.16. The summed E-state index contributed by atoms with van der Waals surface area (Å²) in [7, 11) is 0. The van der Waals surface area contributed by atoms with Gasteiger partial charge in [-0.25, -0.2) is 4.79 Å². The normalized spacial score (nSPS) is 19.7. The predicted molar refractivity (Wildman–Crippen MR) is 114 cm³/mol. The topological polar surface area (TPSA) is 205 Å². The second-order valence-corrected chi connectivity index (χ2v) is 8.56. The highest BCUT2D eigenvalue weighted by Gasteiger charge is 2.38. The van der Waals surface area contributed by atoms with E-state index in [1.807, 2.05) is 13.8 Å². The molecule has 0 spiro atoms. The summed E-state index contributed by atoms with van der Waals surface area (Å²) in [6.45, 7) is 5.41. The summed E-state index contributed by atoms with van der Waals surface area (Å²) >= 11 is 0. The number of rotatable bonds is 12. The number of nitrogens with two attached hydrogens (primary N) is 2.